The first kappa shape index (κ1) is 17.9. The lowest BCUT2D eigenvalue weighted by molar-refractivity contribution is -0.142. The van der Waals surface area contributed by atoms with Gasteiger partial charge in [-0.25, -0.2) is 4.79 Å². The van der Waals surface area contributed by atoms with Crippen LogP contribution in [0.2, 0.25) is 0 Å². The van der Waals surface area contributed by atoms with E-state index >= 15 is 0 Å². The second-order valence-electron chi connectivity index (χ2n) is 4.57. The Hall–Kier alpha value is -2.45. The van der Waals surface area contributed by atoms with E-state index in [0.717, 1.165) is 21.4 Å². The van der Waals surface area contributed by atoms with Gasteiger partial charge in [-0.05, 0) is 35.2 Å². The molecule has 0 spiro atoms. The topological polar surface area (TPSA) is 98.5 Å². The molecule has 0 fully saturated rings. The van der Waals surface area contributed by atoms with Crippen molar-refractivity contribution in [2.24, 2.45) is 5.73 Å². The minimum atomic E-state index is -0.647. The van der Waals surface area contributed by atoms with E-state index in [2.05, 4.69) is 21.2 Å². The Labute approximate surface area is 150 Å². The normalized spacial score (nSPS) is 10.5. The van der Waals surface area contributed by atoms with Crippen molar-refractivity contribution in [3.8, 4) is 0 Å². The van der Waals surface area contributed by atoms with E-state index < -0.39 is 24.4 Å². The Bertz CT molecular complexity index is 801. The van der Waals surface area contributed by atoms with Crippen LogP contribution in [-0.2, 0) is 14.3 Å². The average molecular weight is 409 g/mol. The van der Waals surface area contributed by atoms with Crippen LogP contribution in [0.15, 0.2) is 46.3 Å². The van der Waals surface area contributed by atoms with E-state index in [1.165, 1.54) is 12.1 Å². The van der Waals surface area contributed by atoms with Gasteiger partial charge < -0.3 is 15.8 Å². The lowest BCUT2D eigenvalue weighted by Gasteiger charge is -2.04. The molecule has 124 valence electrons. The average Bonchev–Trinajstić information content (AvgIpc) is 2.99. The molecular formula is C16H13BrN2O4S. The van der Waals surface area contributed by atoms with Crippen LogP contribution < -0.4 is 11.1 Å². The van der Waals surface area contributed by atoms with Gasteiger partial charge in [-0.2, -0.15) is 0 Å². The molecule has 0 radical (unpaired) electrons. The predicted molar refractivity (Wildman–Crippen MR) is 95.6 cm³/mol. The van der Waals surface area contributed by atoms with Gasteiger partial charge in [-0.3, -0.25) is 9.59 Å². The second kappa shape index (κ2) is 8.42. The fourth-order valence-corrected chi connectivity index (χ4v) is 2.95. The number of esters is 1. The minimum Gasteiger partial charge on any atom is -0.452 e. The fourth-order valence-electron chi connectivity index (χ4n) is 1.72. The second-order valence-corrected chi connectivity index (χ2v) is 6.40. The van der Waals surface area contributed by atoms with E-state index in [1.54, 1.807) is 11.5 Å². The quantitative estimate of drug-likeness (QED) is 0.566. The highest BCUT2D eigenvalue weighted by atomic mass is 79.9. The molecule has 8 heteroatoms. The van der Waals surface area contributed by atoms with Crippen LogP contribution in [0.4, 0.5) is 5.00 Å². The highest BCUT2D eigenvalue weighted by Gasteiger charge is 2.13. The lowest BCUT2D eigenvalue weighted by atomic mass is 10.2. The summed E-state index contributed by atoms with van der Waals surface area (Å²) in [6, 6.07) is 8.86. The number of hydrogen-bond donors (Lipinski definition) is 2. The lowest BCUT2D eigenvalue weighted by Crippen LogP contribution is -2.21. The number of anilines is 1. The highest BCUT2D eigenvalue weighted by molar-refractivity contribution is 9.10. The van der Waals surface area contributed by atoms with E-state index in [4.69, 9.17) is 10.5 Å². The molecule has 0 aliphatic rings. The third-order valence-electron chi connectivity index (χ3n) is 2.79. The van der Waals surface area contributed by atoms with Crippen LogP contribution in [-0.4, -0.2) is 24.4 Å². The predicted octanol–water partition coefficient (Wildman–Crippen LogP) is 2.80. The molecule has 0 atom stereocenters. The van der Waals surface area contributed by atoms with Crippen molar-refractivity contribution in [3.05, 3.63) is 57.4 Å². The summed E-state index contributed by atoms with van der Waals surface area (Å²) in [7, 11) is 0. The zero-order chi connectivity index (χ0) is 17.5. The number of halogens is 1. The molecule has 1 aromatic carbocycles. The number of nitrogens with one attached hydrogen (secondary N) is 1. The van der Waals surface area contributed by atoms with Crippen molar-refractivity contribution in [2.45, 2.75) is 0 Å². The monoisotopic (exact) mass is 408 g/mol. The maximum atomic E-state index is 11.7. The van der Waals surface area contributed by atoms with Gasteiger partial charge in [0, 0.05) is 10.5 Å². The maximum Gasteiger partial charge on any atom is 0.331 e. The van der Waals surface area contributed by atoms with Gasteiger partial charge in [0.15, 0.2) is 6.61 Å². The molecule has 3 N–H and O–H groups in total. The first-order valence-corrected chi connectivity index (χ1v) is 8.40. The summed E-state index contributed by atoms with van der Waals surface area (Å²) in [4.78, 5) is 34.5. The molecule has 2 amide bonds. The SMILES string of the molecule is NC(=O)c1ccsc1NC(=O)COC(=O)C=Cc1cccc(Br)c1. The van der Waals surface area contributed by atoms with E-state index in [0.29, 0.717) is 5.00 Å². The van der Waals surface area contributed by atoms with Gasteiger partial charge in [0.25, 0.3) is 11.8 Å². The van der Waals surface area contributed by atoms with Gasteiger partial charge in [0.2, 0.25) is 0 Å². The van der Waals surface area contributed by atoms with Crippen LogP contribution in [0.5, 0.6) is 0 Å². The van der Waals surface area contributed by atoms with Gasteiger partial charge in [-0.1, -0.05) is 28.1 Å². The maximum absolute atomic E-state index is 11.7. The van der Waals surface area contributed by atoms with Gasteiger partial charge >= 0.3 is 5.97 Å². The van der Waals surface area contributed by atoms with Crippen LogP contribution in [0.25, 0.3) is 6.08 Å². The fraction of sp³-hybridized carbons (Fsp3) is 0.0625. The Balaban J connectivity index is 1.84. The van der Waals surface area contributed by atoms with E-state index in [9.17, 15) is 14.4 Å². The number of nitrogens with two attached hydrogens (primary N) is 1. The largest absolute Gasteiger partial charge is 0.452 e. The van der Waals surface area contributed by atoms with Crippen molar-refractivity contribution < 1.29 is 19.1 Å². The first-order valence-electron chi connectivity index (χ1n) is 6.73. The molecular weight excluding hydrogens is 396 g/mol. The van der Waals surface area contributed by atoms with E-state index in [-0.39, 0.29) is 5.56 Å². The van der Waals surface area contributed by atoms with E-state index in [1.807, 2.05) is 24.3 Å². The number of ether oxygens (including phenoxy) is 1. The molecule has 1 aromatic heterocycles. The van der Waals surface area contributed by atoms with Crippen LogP contribution in [0.3, 0.4) is 0 Å². The van der Waals surface area contributed by atoms with Crippen molar-refractivity contribution in [2.75, 3.05) is 11.9 Å². The number of carbonyl (C=O) groups is 3. The molecule has 1 heterocycles. The minimum absolute atomic E-state index is 0.217. The third kappa shape index (κ3) is 5.32. The molecule has 6 nitrogen and oxygen atoms in total. The summed E-state index contributed by atoms with van der Waals surface area (Å²) in [5, 5.41) is 4.43. The van der Waals surface area contributed by atoms with Gasteiger partial charge in [0.1, 0.15) is 5.00 Å². The molecule has 0 aliphatic carbocycles. The summed E-state index contributed by atoms with van der Waals surface area (Å²) < 4.78 is 5.73. The smallest absolute Gasteiger partial charge is 0.331 e. The number of carbonyl (C=O) groups excluding carboxylic acids is 3. The van der Waals surface area contributed by atoms with Crippen molar-refractivity contribution >= 4 is 56.1 Å². The summed E-state index contributed by atoms with van der Waals surface area (Å²) in [5.74, 6) is -1.84. The Morgan fingerprint density at radius 2 is 2.08 bits per heavy atom. The molecule has 0 bridgehead atoms. The van der Waals surface area contributed by atoms with Gasteiger partial charge in [-0.15, -0.1) is 11.3 Å². The number of hydrogen-bond acceptors (Lipinski definition) is 5. The Morgan fingerprint density at radius 3 is 2.79 bits per heavy atom. The molecule has 24 heavy (non-hydrogen) atoms. The summed E-state index contributed by atoms with van der Waals surface area (Å²) in [6.45, 7) is -0.461. The molecule has 0 saturated heterocycles. The number of benzene rings is 1. The van der Waals surface area contributed by atoms with Crippen LogP contribution in [0.1, 0.15) is 15.9 Å². The van der Waals surface area contributed by atoms with Crippen LogP contribution in [0, 0.1) is 0 Å². The number of primary amides is 1. The van der Waals surface area contributed by atoms with Gasteiger partial charge in [0.05, 0.1) is 5.56 Å². The molecule has 0 aliphatic heterocycles. The third-order valence-corrected chi connectivity index (χ3v) is 4.11. The van der Waals surface area contributed by atoms with Crippen LogP contribution >= 0.6 is 27.3 Å². The molecule has 0 saturated carbocycles. The van der Waals surface area contributed by atoms with Crippen molar-refractivity contribution in [1.82, 2.24) is 0 Å². The van der Waals surface area contributed by atoms with Crippen molar-refractivity contribution in [1.29, 1.82) is 0 Å². The zero-order valence-corrected chi connectivity index (χ0v) is 14.7. The number of rotatable bonds is 6. The number of amides is 2. The standard InChI is InChI=1S/C16H13BrN2O4S/c17-11-3-1-2-10(8-11)4-5-14(21)23-9-13(20)19-16-12(15(18)22)6-7-24-16/h1-8H,9H2,(H2,18,22)(H,19,20). The Morgan fingerprint density at radius 1 is 1.29 bits per heavy atom. The summed E-state index contributed by atoms with van der Waals surface area (Å²) in [5.41, 5.74) is 6.21. The Kier molecular flexibility index (Phi) is 6.28. The summed E-state index contributed by atoms with van der Waals surface area (Å²) in [6.07, 6.45) is 2.81. The van der Waals surface area contributed by atoms with Crippen molar-refractivity contribution in [3.63, 3.8) is 0 Å². The summed E-state index contributed by atoms with van der Waals surface area (Å²) >= 11 is 4.49. The molecule has 0 unspecified atom stereocenters. The highest BCUT2D eigenvalue weighted by Crippen LogP contribution is 2.22. The first-order chi connectivity index (χ1) is 11.5. The molecule has 2 rings (SSSR count). The zero-order valence-electron chi connectivity index (χ0n) is 12.3. The molecule has 2 aromatic rings. The number of thiophene rings is 1.